The maximum absolute atomic E-state index is 11.1. The molecule has 0 saturated carbocycles. The Kier molecular flexibility index (Phi) is 2.45. The molecular formula is C12H13N3O3. The number of β-amino-alcohol motifs (C(OH)–C–C–N with tert-alkyl or cyclic N) is 1. The third-order valence-corrected chi connectivity index (χ3v) is 3.09. The monoisotopic (exact) mass is 247 g/mol. The summed E-state index contributed by atoms with van der Waals surface area (Å²) in [5, 5.41) is 9.48. The van der Waals surface area contributed by atoms with E-state index < -0.39 is 5.91 Å². The highest BCUT2D eigenvalue weighted by atomic mass is 16.4. The highest BCUT2D eigenvalue weighted by Crippen LogP contribution is 2.25. The number of oxazole rings is 1. The van der Waals surface area contributed by atoms with Gasteiger partial charge in [-0.1, -0.05) is 0 Å². The van der Waals surface area contributed by atoms with Crippen molar-refractivity contribution in [3.63, 3.8) is 0 Å². The molecule has 18 heavy (non-hydrogen) atoms. The molecule has 0 radical (unpaired) electrons. The molecule has 1 aromatic carbocycles. The zero-order chi connectivity index (χ0) is 12.7. The van der Waals surface area contributed by atoms with E-state index >= 15 is 0 Å². The number of carbonyl (C=O) groups excluding carboxylic acids is 1. The number of aromatic nitrogens is 1. The van der Waals surface area contributed by atoms with Crippen LogP contribution in [0.5, 0.6) is 0 Å². The Bertz CT molecular complexity index is 608. The van der Waals surface area contributed by atoms with Gasteiger partial charge in [-0.05, 0) is 24.6 Å². The van der Waals surface area contributed by atoms with Crippen LogP contribution in [0.4, 0.5) is 6.01 Å². The van der Waals surface area contributed by atoms with Gasteiger partial charge in [-0.15, -0.1) is 0 Å². The van der Waals surface area contributed by atoms with Gasteiger partial charge in [-0.3, -0.25) is 4.79 Å². The SMILES string of the molecule is NC(=O)c1ccc2oc(N3CC[C@@H](O)C3)nc2c1. The van der Waals surface area contributed by atoms with Crippen LogP contribution >= 0.6 is 0 Å². The molecule has 0 unspecified atom stereocenters. The van der Waals surface area contributed by atoms with Gasteiger partial charge in [0.2, 0.25) is 5.91 Å². The minimum Gasteiger partial charge on any atom is -0.423 e. The smallest absolute Gasteiger partial charge is 0.298 e. The number of aliphatic hydroxyl groups excluding tert-OH is 1. The van der Waals surface area contributed by atoms with Crippen molar-refractivity contribution in [2.45, 2.75) is 12.5 Å². The molecule has 2 aromatic rings. The summed E-state index contributed by atoms with van der Waals surface area (Å²) in [4.78, 5) is 17.3. The summed E-state index contributed by atoms with van der Waals surface area (Å²) in [5.74, 6) is -0.488. The number of rotatable bonds is 2. The van der Waals surface area contributed by atoms with Crippen molar-refractivity contribution in [1.82, 2.24) is 4.98 Å². The van der Waals surface area contributed by atoms with E-state index in [1.807, 2.05) is 4.90 Å². The molecule has 1 fully saturated rings. The summed E-state index contributed by atoms with van der Waals surface area (Å²) in [6.07, 6.45) is 0.381. The average Bonchev–Trinajstić information content (AvgIpc) is 2.93. The number of hydrogen-bond donors (Lipinski definition) is 2. The standard InChI is InChI=1S/C12H13N3O3/c13-11(17)7-1-2-10-9(5-7)14-12(18-10)15-4-3-8(16)6-15/h1-2,5,8,16H,3-4,6H2,(H2,13,17)/t8-/m1/s1. The Morgan fingerprint density at radius 2 is 2.39 bits per heavy atom. The predicted octanol–water partition coefficient (Wildman–Crippen LogP) is 0.498. The molecule has 1 aliphatic rings. The number of carbonyl (C=O) groups is 1. The summed E-state index contributed by atoms with van der Waals surface area (Å²) in [6, 6.07) is 5.37. The van der Waals surface area contributed by atoms with Gasteiger partial charge in [0.15, 0.2) is 5.58 Å². The van der Waals surface area contributed by atoms with Gasteiger partial charge in [0.1, 0.15) is 5.52 Å². The van der Waals surface area contributed by atoms with Crippen molar-refractivity contribution in [2.75, 3.05) is 18.0 Å². The first-order valence-corrected chi connectivity index (χ1v) is 5.77. The fourth-order valence-corrected chi connectivity index (χ4v) is 2.12. The number of fused-ring (bicyclic) bond motifs is 1. The van der Waals surface area contributed by atoms with E-state index in [9.17, 15) is 9.90 Å². The molecule has 1 aromatic heterocycles. The van der Waals surface area contributed by atoms with Crippen LogP contribution in [0, 0.1) is 0 Å². The molecule has 1 amide bonds. The molecule has 1 aliphatic heterocycles. The van der Waals surface area contributed by atoms with Crippen molar-refractivity contribution in [3.05, 3.63) is 23.8 Å². The Balaban J connectivity index is 1.98. The zero-order valence-electron chi connectivity index (χ0n) is 9.67. The van der Waals surface area contributed by atoms with Crippen LogP contribution in [0.1, 0.15) is 16.8 Å². The number of amides is 1. The van der Waals surface area contributed by atoms with Gasteiger partial charge in [-0.2, -0.15) is 4.98 Å². The number of aliphatic hydroxyl groups is 1. The number of anilines is 1. The second kappa shape index (κ2) is 3.99. The van der Waals surface area contributed by atoms with E-state index in [1.54, 1.807) is 18.2 Å². The van der Waals surface area contributed by atoms with Crippen LogP contribution in [0.2, 0.25) is 0 Å². The largest absolute Gasteiger partial charge is 0.423 e. The second-order valence-corrected chi connectivity index (χ2v) is 4.43. The molecule has 6 heteroatoms. The Morgan fingerprint density at radius 1 is 1.56 bits per heavy atom. The van der Waals surface area contributed by atoms with Gasteiger partial charge in [0.05, 0.1) is 6.10 Å². The maximum atomic E-state index is 11.1. The van der Waals surface area contributed by atoms with Crippen LogP contribution in [0.3, 0.4) is 0 Å². The van der Waals surface area contributed by atoms with Gasteiger partial charge >= 0.3 is 0 Å². The number of benzene rings is 1. The highest BCUT2D eigenvalue weighted by molar-refractivity contribution is 5.96. The number of hydrogen-bond acceptors (Lipinski definition) is 5. The van der Waals surface area contributed by atoms with Crippen molar-refractivity contribution < 1.29 is 14.3 Å². The zero-order valence-corrected chi connectivity index (χ0v) is 9.67. The fraction of sp³-hybridized carbons (Fsp3) is 0.333. The lowest BCUT2D eigenvalue weighted by Crippen LogP contribution is -2.21. The molecule has 3 rings (SSSR count). The summed E-state index contributed by atoms with van der Waals surface area (Å²) < 4.78 is 5.59. The molecule has 0 aliphatic carbocycles. The topological polar surface area (TPSA) is 92.6 Å². The molecule has 0 spiro atoms. The Hall–Kier alpha value is -2.08. The second-order valence-electron chi connectivity index (χ2n) is 4.43. The van der Waals surface area contributed by atoms with Crippen molar-refractivity contribution in [2.24, 2.45) is 5.73 Å². The van der Waals surface area contributed by atoms with E-state index in [1.165, 1.54) is 0 Å². The first-order valence-electron chi connectivity index (χ1n) is 5.77. The minimum atomic E-state index is -0.488. The predicted molar refractivity (Wildman–Crippen MR) is 65.4 cm³/mol. The summed E-state index contributed by atoms with van der Waals surface area (Å²) in [6.45, 7) is 1.24. The lowest BCUT2D eigenvalue weighted by molar-refractivity contribution is 0.100. The third kappa shape index (κ3) is 1.80. The van der Waals surface area contributed by atoms with Crippen molar-refractivity contribution >= 4 is 23.0 Å². The molecular weight excluding hydrogens is 234 g/mol. The Labute approximate surface area is 103 Å². The minimum absolute atomic E-state index is 0.332. The summed E-state index contributed by atoms with van der Waals surface area (Å²) >= 11 is 0. The van der Waals surface area contributed by atoms with Crippen LogP contribution in [-0.4, -0.2) is 35.2 Å². The molecule has 1 atom stereocenters. The normalized spacial score (nSPS) is 19.6. The number of nitrogens with two attached hydrogens (primary N) is 1. The fourth-order valence-electron chi connectivity index (χ4n) is 2.12. The van der Waals surface area contributed by atoms with Gasteiger partial charge < -0.3 is 20.2 Å². The van der Waals surface area contributed by atoms with Crippen LogP contribution in [0.15, 0.2) is 22.6 Å². The van der Waals surface area contributed by atoms with Gasteiger partial charge in [0, 0.05) is 18.7 Å². The number of primary amides is 1. The summed E-state index contributed by atoms with van der Waals surface area (Å²) in [5.41, 5.74) is 6.82. The van der Waals surface area contributed by atoms with E-state index in [-0.39, 0.29) is 6.10 Å². The lowest BCUT2D eigenvalue weighted by atomic mass is 10.2. The molecule has 6 nitrogen and oxygen atoms in total. The van der Waals surface area contributed by atoms with E-state index in [4.69, 9.17) is 10.2 Å². The van der Waals surface area contributed by atoms with Crippen molar-refractivity contribution in [1.29, 1.82) is 0 Å². The van der Waals surface area contributed by atoms with Gasteiger partial charge in [0.25, 0.3) is 6.01 Å². The molecule has 94 valence electrons. The van der Waals surface area contributed by atoms with Crippen LogP contribution < -0.4 is 10.6 Å². The van der Waals surface area contributed by atoms with Crippen LogP contribution in [0.25, 0.3) is 11.1 Å². The van der Waals surface area contributed by atoms with Crippen LogP contribution in [-0.2, 0) is 0 Å². The van der Waals surface area contributed by atoms with Crippen molar-refractivity contribution in [3.8, 4) is 0 Å². The number of nitrogens with zero attached hydrogens (tertiary/aromatic N) is 2. The average molecular weight is 247 g/mol. The first kappa shape index (κ1) is 11.0. The maximum Gasteiger partial charge on any atom is 0.298 e. The molecule has 3 N–H and O–H groups in total. The quantitative estimate of drug-likeness (QED) is 0.806. The van der Waals surface area contributed by atoms with E-state index in [2.05, 4.69) is 4.98 Å². The first-order chi connectivity index (χ1) is 8.63. The Morgan fingerprint density at radius 3 is 3.06 bits per heavy atom. The van der Waals surface area contributed by atoms with E-state index in [0.717, 1.165) is 6.54 Å². The lowest BCUT2D eigenvalue weighted by Gasteiger charge is -2.10. The summed E-state index contributed by atoms with van der Waals surface area (Å²) in [7, 11) is 0. The molecule has 1 saturated heterocycles. The third-order valence-electron chi connectivity index (χ3n) is 3.09. The molecule has 2 heterocycles. The van der Waals surface area contributed by atoms with E-state index in [0.29, 0.717) is 35.6 Å². The van der Waals surface area contributed by atoms with Gasteiger partial charge in [-0.25, -0.2) is 0 Å². The molecule has 0 bridgehead atoms. The highest BCUT2D eigenvalue weighted by Gasteiger charge is 2.24.